The largest absolute Gasteiger partial charge is 0.145 e. The van der Waals surface area contributed by atoms with Crippen LogP contribution in [0.2, 0.25) is 0 Å². The third-order valence-electron chi connectivity index (χ3n) is 3.66. The van der Waals surface area contributed by atoms with Gasteiger partial charge in [0.05, 0.1) is 0 Å². The van der Waals surface area contributed by atoms with E-state index in [9.17, 15) is 0 Å². The van der Waals surface area contributed by atoms with Crippen LogP contribution in [-0.2, 0) is 11.8 Å². The normalized spacial score (nSPS) is 19.1. The quantitative estimate of drug-likeness (QED) is 0.559. The summed E-state index contributed by atoms with van der Waals surface area (Å²) in [5.74, 6) is 0. The maximum atomic E-state index is 2.39. The van der Waals surface area contributed by atoms with E-state index in [1.165, 1.54) is 16.0 Å². The van der Waals surface area contributed by atoms with Crippen molar-refractivity contribution in [2.75, 3.05) is 0 Å². The van der Waals surface area contributed by atoms with Crippen LogP contribution in [0.25, 0.3) is 0 Å². The standard InChI is InChI=1S/C13H18S/c1-8-6-7-11-12(13(8,4)5)9(2)10(3)14-11/h6H,7H2,1-5H3. The Balaban J connectivity index is 2.67. The summed E-state index contributed by atoms with van der Waals surface area (Å²) in [6.07, 6.45) is 3.53. The summed E-state index contributed by atoms with van der Waals surface area (Å²) in [4.78, 5) is 3.07. The van der Waals surface area contributed by atoms with Gasteiger partial charge >= 0.3 is 0 Å². The number of thiophene rings is 1. The van der Waals surface area contributed by atoms with Gasteiger partial charge in [0.25, 0.3) is 0 Å². The minimum Gasteiger partial charge on any atom is -0.145 e. The SMILES string of the molecule is CC1=CCc2sc(C)c(C)c2C1(C)C. The van der Waals surface area contributed by atoms with Gasteiger partial charge in [0, 0.05) is 21.6 Å². The lowest BCUT2D eigenvalue weighted by Crippen LogP contribution is -2.23. The van der Waals surface area contributed by atoms with Crippen LogP contribution in [0.5, 0.6) is 0 Å². The fraction of sp³-hybridized carbons (Fsp3) is 0.538. The lowest BCUT2D eigenvalue weighted by molar-refractivity contribution is 0.602. The van der Waals surface area contributed by atoms with Crippen LogP contribution >= 0.6 is 11.3 Å². The minimum atomic E-state index is 0.252. The number of rotatable bonds is 0. The molecule has 0 aliphatic heterocycles. The lowest BCUT2D eigenvalue weighted by Gasteiger charge is -2.31. The zero-order chi connectivity index (χ0) is 10.5. The molecule has 0 amide bonds. The molecule has 0 radical (unpaired) electrons. The van der Waals surface area contributed by atoms with Crippen molar-refractivity contribution in [2.45, 2.75) is 46.5 Å². The van der Waals surface area contributed by atoms with E-state index in [1.54, 1.807) is 10.4 Å². The Morgan fingerprint density at radius 3 is 2.50 bits per heavy atom. The zero-order valence-electron chi connectivity index (χ0n) is 9.69. The predicted octanol–water partition coefficient (Wildman–Crippen LogP) is 4.14. The Morgan fingerprint density at radius 1 is 1.21 bits per heavy atom. The van der Waals surface area contributed by atoms with Crippen molar-refractivity contribution in [1.82, 2.24) is 0 Å². The molecule has 14 heavy (non-hydrogen) atoms. The Kier molecular flexibility index (Phi) is 2.11. The number of aryl methyl sites for hydroxylation is 1. The molecule has 1 heteroatoms. The molecule has 0 aromatic carbocycles. The highest BCUT2D eigenvalue weighted by atomic mass is 32.1. The number of hydrogen-bond donors (Lipinski definition) is 0. The van der Waals surface area contributed by atoms with E-state index in [4.69, 9.17) is 0 Å². The van der Waals surface area contributed by atoms with Gasteiger partial charge in [-0.1, -0.05) is 25.5 Å². The summed E-state index contributed by atoms with van der Waals surface area (Å²) in [6, 6.07) is 0. The molecule has 0 fully saturated rings. The fourth-order valence-electron chi connectivity index (χ4n) is 2.36. The molecule has 2 rings (SSSR count). The third-order valence-corrected chi connectivity index (χ3v) is 4.89. The molecule has 0 spiro atoms. The monoisotopic (exact) mass is 206 g/mol. The first-order valence-electron chi connectivity index (χ1n) is 5.21. The highest BCUT2D eigenvalue weighted by Gasteiger charge is 2.31. The molecule has 0 bridgehead atoms. The van der Waals surface area contributed by atoms with Crippen LogP contribution in [0, 0.1) is 13.8 Å². The van der Waals surface area contributed by atoms with E-state index in [1.807, 2.05) is 11.3 Å². The summed E-state index contributed by atoms with van der Waals surface area (Å²) in [5, 5.41) is 0. The van der Waals surface area contributed by atoms with Gasteiger partial charge in [-0.05, 0) is 31.9 Å². The molecule has 0 nitrogen and oxygen atoms in total. The minimum absolute atomic E-state index is 0.252. The smallest absolute Gasteiger partial charge is 0.0129 e. The molecule has 76 valence electrons. The van der Waals surface area contributed by atoms with Gasteiger partial charge in [-0.15, -0.1) is 11.3 Å². The Morgan fingerprint density at radius 2 is 1.86 bits per heavy atom. The highest BCUT2D eigenvalue weighted by Crippen LogP contribution is 2.43. The first-order chi connectivity index (χ1) is 6.44. The summed E-state index contributed by atoms with van der Waals surface area (Å²) >= 11 is 1.98. The molecule has 1 aromatic heterocycles. The molecular weight excluding hydrogens is 188 g/mol. The van der Waals surface area contributed by atoms with Crippen molar-refractivity contribution in [3.05, 3.63) is 32.5 Å². The summed E-state index contributed by atoms with van der Waals surface area (Å²) in [6.45, 7) is 11.5. The van der Waals surface area contributed by atoms with E-state index in [0.717, 1.165) is 6.42 Å². The van der Waals surface area contributed by atoms with Gasteiger partial charge in [-0.2, -0.15) is 0 Å². The van der Waals surface area contributed by atoms with E-state index in [2.05, 4.69) is 40.7 Å². The van der Waals surface area contributed by atoms with Gasteiger partial charge in [-0.25, -0.2) is 0 Å². The van der Waals surface area contributed by atoms with Gasteiger partial charge in [-0.3, -0.25) is 0 Å². The van der Waals surface area contributed by atoms with Crippen LogP contribution in [0.4, 0.5) is 0 Å². The Labute approximate surface area is 90.7 Å². The molecule has 1 aliphatic carbocycles. The van der Waals surface area contributed by atoms with E-state index >= 15 is 0 Å². The molecule has 0 N–H and O–H groups in total. The molecule has 0 atom stereocenters. The van der Waals surface area contributed by atoms with Gasteiger partial charge in [0.2, 0.25) is 0 Å². The van der Waals surface area contributed by atoms with Gasteiger partial charge < -0.3 is 0 Å². The van der Waals surface area contributed by atoms with Crippen molar-refractivity contribution in [3.8, 4) is 0 Å². The number of allylic oxidation sites excluding steroid dienone is 2. The third kappa shape index (κ3) is 1.18. The van der Waals surface area contributed by atoms with Crippen molar-refractivity contribution < 1.29 is 0 Å². The van der Waals surface area contributed by atoms with E-state index in [-0.39, 0.29) is 5.41 Å². The van der Waals surface area contributed by atoms with Crippen LogP contribution in [0.15, 0.2) is 11.6 Å². The number of hydrogen-bond acceptors (Lipinski definition) is 1. The average Bonchev–Trinajstić information content (AvgIpc) is 2.38. The Hall–Kier alpha value is -0.560. The zero-order valence-corrected chi connectivity index (χ0v) is 10.5. The van der Waals surface area contributed by atoms with Crippen LogP contribution in [-0.4, -0.2) is 0 Å². The topological polar surface area (TPSA) is 0 Å². The average molecular weight is 206 g/mol. The molecule has 1 aliphatic rings. The highest BCUT2D eigenvalue weighted by molar-refractivity contribution is 7.12. The summed E-state index contributed by atoms with van der Waals surface area (Å²) in [7, 11) is 0. The van der Waals surface area contributed by atoms with Crippen LogP contribution in [0.1, 0.15) is 41.7 Å². The first-order valence-corrected chi connectivity index (χ1v) is 6.03. The van der Waals surface area contributed by atoms with Gasteiger partial charge in [0.1, 0.15) is 0 Å². The van der Waals surface area contributed by atoms with E-state index in [0.29, 0.717) is 0 Å². The fourth-order valence-corrected chi connectivity index (χ4v) is 3.66. The maximum Gasteiger partial charge on any atom is 0.0129 e. The van der Waals surface area contributed by atoms with Crippen molar-refractivity contribution in [1.29, 1.82) is 0 Å². The molecule has 1 heterocycles. The van der Waals surface area contributed by atoms with Crippen molar-refractivity contribution in [3.63, 3.8) is 0 Å². The second-order valence-electron chi connectivity index (χ2n) is 4.80. The molecule has 0 unspecified atom stereocenters. The van der Waals surface area contributed by atoms with Gasteiger partial charge in [0.15, 0.2) is 0 Å². The second-order valence-corrected chi connectivity index (χ2v) is 6.11. The van der Waals surface area contributed by atoms with Crippen LogP contribution in [0.3, 0.4) is 0 Å². The molecule has 0 saturated heterocycles. The maximum absolute atomic E-state index is 2.39. The van der Waals surface area contributed by atoms with Crippen molar-refractivity contribution >= 4 is 11.3 Å². The summed E-state index contributed by atoms with van der Waals surface area (Å²) in [5.41, 5.74) is 4.89. The first kappa shape index (κ1) is 9.97. The predicted molar refractivity (Wildman–Crippen MR) is 64.3 cm³/mol. The molecular formula is C13H18S. The lowest BCUT2D eigenvalue weighted by atomic mass is 9.73. The second kappa shape index (κ2) is 2.96. The Bertz CT molecular complexity index is 405. The molecule has 1 aromatic rings. The van der Waals surface area contributed by atoms with Crippen LogP contribution < -0.4 is 0 Å². The van der Waals surface area contributed by atoms with E-state index < -0.39 is 0 Å². The van der Waals surface area contributed by atoms with Crippen molar-refractivity contribution in [2.24, 2.45) is 0 Å². The summed E-state index contributed by atoms with van der Waals surface area (Å²) < 4.78 is 0. The number of fused-ring (bicyclic) bond motifs is 1. The molecule has 0 saturated carbocycles.